The molecular formula is C19H18FN3O2S. The maximum atomic E-state index is 13.2. The molecule has 0 aliphatic heterocycles. The molecule has 3 aromatic rings. The van der Waals surface area contributed by atoms with E-state index in [-0.39, 0.29) is 24.4 Å². The van der Waals surface area contributed by atoms with Gasteiger partial charge in [0.05, 0.1) is 13.2 Å². The van der Waals surface area contributed by atoms with Crippen molar-refractivity contribution in [3.05, 3.63) is 81.9 Å². The van der Waals surface area contributed by atoms with Gasteiger partial charge in [0.2, 0.25) is 5.88 Å². The van der Waals surface area contributed by atoms with Crippen LogP contribution in [-0.4, -0.2) is 18.1 Å². The number of nitrogens with one attached hydrogen (secondary N) is 2. The number of urea groups is 1. The van der Waals surface area contributed by atoms with Crippen molar-refractivity contribution in [2.45, 2.75) is 12.6 Å². The van der Waals surface area contributed by atoms with Crippen LogP contribution in [0.1, 0.15) is 22.0 Å². The standard InChI is InChI=1S/C19H18FN3O2S/c1-25-18-14(4-2-10-21-18)12-22-19(24)23-17(16-5-3-11-26-16)13-6-8-15(20)9-7-13/h2-11,17H,12H2,1H3,(H2,22,23,24). The molecule has 7 heteroatoms. The molecule has 2 amide bonds. The molecule has 26 heavy (non-hydrogen) atoms. The number of hydrogen-bond acceptors (Lipinski definition) is 4. The molecule has 0 fully saturated rings. The zero-order chi connectivity index (χ0) is 18.4. The Hall–Kier alpha value is -2.93. The molecule has 134 valence electrons. The number of hydrogen-bond donors (Lipinski definition) is 2. The van der Waals surface area contributed by atoms with Gasteiger partial charge in [-0.2, -0.15) is 0 Å². The van der Waals surface area contributed by atoms with E-state index in [2.05, 4.69) is 15.6 Å². The highest BCUT2D eigenvalue weighted by Gasteiger charge is 2.18. The van der Waals surface area contributed by atoms with Crippen molar-refractivity contribution in [1.82, 2.24) is 15.6 Å². The first kappa shape index (κ1) is 17.9. The predicted molar refractivity (Wildman–Crippen MR) is 98.7 cm³/mol. The van der Waals surface area contributed by atoms with Gasteiger partial charge in [-0.3, -0.25) is 0 Å². The number of methoxy groups -OCH3 is 1. The van der Waals surface area contributed by atoms with E-state index in [9.17, 15) is 9.18 Å². The smallest absolute Gasteiger partial charge is 0.315 e. The van der Waals surface area contributed by atoms with Gasteiger partial charge in [0, 0.05) is 23.2 Å². The molecule has 2 heterocycles. The Bertz CT molecular complexity index is 853. The second kappa shape index (κ2) is 8.44. The number of carbonyl (C=O) groups is 1. The summed E-state index contributed by atoms with van der Waals surface area (Å²) >= 11 is 1.53. The summed E-state index contributed by atoms with van der Waals surface area (Å²) in [6.45, 7) is 0.281. The quantitative estimate of drug-likeness (QED) is 0.691. The summed E-state index contributed by atoms with van der Waals surface area (Å²) in [6.07, 6.45) is 1.63. The fourth-order valence-corrected chi connectivity index (χ4v) is 3.33. The molecule has 1 aromatic carbocycles. The second-order valence-corrected chi connectivity index (χ2v) is 6.48. The minimum absolute atomic E-state index is 0.281. The van der Waals surface area contributed by atoms with E-state index in [0.29, 0.717) is 5.88 Å². The van der Waals surface area contributed by atoms with Crippen LogP contribution in [0.2, 0.25) is 0 Å². The molecule has 2 aromatic heterocycles. The number of aromatic nitrogens is 1. The van der Waals surface area contributed by atoms with Crippen molar-refractivity contribution in [2.75, 3.05) is 7.11 Å². The molecular weight excluding hydrogens is 353 g/mol. The molecule has 0 spiro atoms. The lowest BCUT2D eigenvalue weighted by Gasteiger charge is -2.19. The Labute approximate surface area is 154 Å². The third kappa shape index (κ3) is 4.37. The van der Waals surface area contributed by atoms with E-state index in [1.54, 1.807) is 24.4 Å². The van der Waals surface area contributed by atoms with Crippen molar-refractivity contribution in [2.24, 2.45) is 0 Å². The van der Waals surface area contributed by atoms with Crippen molar-refractivity contribution < 1.29 is 13.9 Å². The minimum atomic E-state index is -0.355. The number of halogens is 1. The van der Waals surface area contributed by atoms with Gasteiger partial charge in [-0.25, -0.2) is 14.2 Å². The Balaban J connectivity index is 1.70. The van der Waals surface area contributed by atoms with Crippen LogP contribution in [0.4, 0.5) is 9.18 Å². The first-order valence-electron chi connectivity index (χ1n) is 7.98. The van der Waals surface area contributed by atoms with E-state index in [1.807, 2.05) is 23.6 Å². The third-order valence-corrected chi connectivity index (χ3v) is 4.73. The summed E-state index contributed by atoms with van der Waals surface area (Å²) in [5.41, 5.74) is 1.59. The van der Waals surface area contributed by atoms with Crippen LogP contribution >= 0.6 is 11.3 Å². The van der Waals surface area contributed by atoms with Crippen LogP contribution in [0.15, 0.2) is 60.1 Å². The summed E-state index contributed by atoms with van der Waals surface area (Å²) in [4.78, 5) is 17.5. The molecule has 0 saturated carbocycles. The fraction of sp³-hybridized carbons (Fsp3) is 0.158. The molecule has 0 bridgehead atoms. The van der Waals surface area contributed by atoms with E-state index in [1.165, 1.54) is 30.6 Å². The number of ether oxygens (including phenoxy) is 1. The largest absolute Gasteiger partial charge is 0.481 e. The van der Waals surface area contributed by atoms with Gasteiger partial charge in [0.1, 0.15) is 5.82 Å². The number of carbonyl (C=O) groups excluding carboxylic acids is 1. The first-order valence-corrected chi connectivity index (χ1v) is 8.86. The summed E-state index contributed by atoms with van der Waals surface area (Å²) in [5, 5.41) is 7.68. The average Bonchev–Trinajstić information content (AvgIpc) is 3.20. The lowest BCUT2D eigenvalue weighted by Crippen LogP contribution is -2.37. The highest BCUT2D eigenvalue weighted by atomic mass is 32.1. The highest BCUT2D eigenvalue weighted by molar-refractivity contribution is 7.10. The van der Waals surface area contributed by atoms with E-state index in [4.69, 9.17) is 4.74 Å². The van der Waals surface area contributed by atoms with Crippen molar-refractivity contribution >= 4 is 17.4 Å². The topological polar surface area (TPSA) is 63.2 Å². The Morgan fingerprint density at radius 3 is 2.73 bits per heavy atom. The minimum Gasteiger partial charge on any atom is -0.481 e. The number of thiophene rings is 1. The first-order chi connectivity index (χ1) is 12.7. The monoisotopic (exact) mass is 371 g/mol. The third-order valence-electron chi connectivity index (χ3n) is 3.79. The van der Waals surface area contributed by atoms with Crippen molar-refractivity contribution in [1.29, 1.82) is 0 Å². The van der Waals surface area contributed by atoms with Crippen LogP contribution in [0.5, 0.6) is 5.88 Å². The number of benzene rings is 1. The van der Waals surface area contributed by atoms with Gasteiger partial charge >= 0.3 is 6.03 Å². The maximum Gasteiger partial charge on any atom is 0.315 e. The lowest BCUT2D eigenvalue weighted by atomic mass is 10.1. The van der Waals surface area contributed by atoms with Gasteiger partial charge in [-0.1, -0.05) is 24.3 Å². The predicted octanol–water partition coefficient (Wildman–Crippen LogP) is 3.88. The van der Waals surface area contributed by atoms with Crippen molar-refractivity contribution in [3.63, 3.8) is 0 Å². The second-order valence-electron chi connectivity index (χ2n) is 5.50. The normalized spacial score (nSPS) is 11.6. The summed E-state index contributed by atoms with van der Waals surface area (Å²) in [6, 6.07) is 12.9. The van der Waals surface area contributed by atoms with Gasteiger partial charge in [0.15, 0.2) is 0 Å². The number of nitrogens with zero attached hydrogens (tertiary/aromatic N) is 1. The zero-order valence-corrected chi connectivity index (χ0v) is 14.9. The lowest BCUT2D eigenvalue weighted by molar-refractivity contribution is 0.238. The van der Waals surface area contributed by atoms with Gasteiger partial charge in [-0.15, -0.1) is 11.3 Å². The molecule has 0 aliphatic rings. The van der Waals surface area contributed by atoms with Gasteiger partial charge in [0.25, 0.3) is 0 Å². The average molecular weight is 371 g/mol. The number of pyridine rings is 1. The van der Waals surface area contributed by atoms with Crippen LogP contribution < -0.4 is 15.4 Å². The molecule has 0 saturated heterocycles. The van der Waals surface area contributed by atoms with E-state index < -0.39 is 0 Å². The Kier molecular flexibility index (Phi) is 5.80. The molecule has 1 atom stereocenters. The number of amides is 2. The maximum absolute atomic E-state index is 13.2. The van der Waals surface area contributed by atoms with Crippen LogP contribution in [-0.2, 0) is 6.54 Å². The van der Waals surface area contributed by atoms with Gasteiger partial charge in [-0.05, 0) is 35.2 Å². The molecule has 1 unspecified atom stereocenters. The summed E-state index contributed by atoms with van der Waals surface area (Å²) in [5.74, 6) is 0.160. The van der Waals surface area contributed by atoms with Crippen molar-refractivity contribution in [3.8, 4) is 5.88 Å². The highest BCUT2D eigenvalue weighted by Crippen LogP contribution is 2.26. The Morgan fingerprint density at radius 2 is 2.04 bits per heavy atom. The van der Waals surface area contributed by atoms with Gasteiger partial charge < -0.3 is 15.4 Å². The van der Waals surface area contributed by atoms with E-state index >= 15 is 0 Å². The van der Waals surface area contributed by atoms with Crippen LogP contribution in [0.3, 0.4) is 0 Å². The van der Waals surface area contributed by atoms with Crippen LogP contribution in [0, 0.1) is 5.82 Å². The van der Waals surface area contributed by atoms with E-state index in [0.717, 1.165) is 16.0 Å². The van der Waals surface area contributed by atoms with Crippen LogP contribution in [0.25, 0.3) is 0 Å². The zero-order valence-electron chi connectivity index (χ0n) is 14.1. The molecule has 5 nitrogen and oxygen atoms in total. The Morgan fingerprint density at radius 1 is 1.23 bits per heavy atom. The number of rotatable bonds is 6. The fourth-order valence-electron chi connectivity index (χ4n) is 2.53. The summed E-state index contributed by atoms with van der Waals surface area (Å²) < 4.78 is 18.4. The molecule has 2 N–H and O–H groups in total. The SMILES string of the molecule is COc1ncccc1CNC(=O)NC(c1ccc(F)cc1)c1cccs1. The summed E-state index contributed by atoms with van der Waals surface area (Å²) in [7, 11) is 1.53. The molecule has 0 radical (unpaired) electrons. The molecule has 0 aliphatic carbocycles. The molecule has 3 rings (SSSR count).